The summed E-state index contributed by atoms with van der Waals surface area (Å²) in [5.41, 5.74) is -0.0229. The second-order valence-electron chi connectivity index (χ2n) is 9.04. The molecule has 1 aromatic heterocycles. The van der Waals surface area contributed by atoms with E-state index in [1.807, 2.05) is 25.7 Å². The van der Waals surface area contributed by atoms with Gasteiger partial charge >= 0.3 is 6.18 Å². The lowest BCUT2D eigenvalue weighted by Gasteiger charge is -2.29. The number of aromatic nitrogens is 2. The molecule has 0 aliphatic carbocycles. The summed E-state index contributed by atoms with van der Waals surface area (Å²) >= 11 is 0. The Morgan fingerprint density at radius 1 is 1.09 bits per heavy atom. The van der Waals surface area contributed by atoms with Gasteiger partial charge in [-0.15, -0.1) is 10.2 Å². The van der Waals surface area contributed by atoms with Crippen LogP contribution in [-0.2, 0) is 6.18 Å². The fraction of sp³-hybridized carbons (Fsp3) is 0.435. The second kappa shape index (κ2) is 9.26. The Morgan fingerprint density at radius 3 is 2.34 bits per heavy atom. The Balaban J connectivity index is 1.64. The molecule has 0 bridgehead atoms. The number of halogens is 4. The molecular formula is C23H26F4N4O. The number of piperidine rings is 1. The smallest absolute Gasteiger partial charge is 0.354 e. The molecular weight excluding hydrogens is 424 g/mol. The number of nitrogens with zero attached hydrogens (tertiary/aromatic N) is 3. The Kier molecular flexibility index (Phi) is 6.85. The first-order valence-corrected chi connectivity index (χ1v) is 10.4. The average Bonchev–Trinajstić information content (AvgIpc) is 2.71. The molecule has 0 radical (unpaired) electrons. The van der Waals surface area contributed by atoms with E-state index in [0.717, 1.165) is 23.8 Å². The Bertz CT molecular complexity index is 985. The zero-order valence-corrected chi connectivity index (χ0v) is 18.3. The number of carbonyl (C=O) groups is 1. The molecule has 1 amide bonds. The summed E-state index contributed by atoms with van der Waals surface area (Å²) in [6, 6.07) is 5.82. The molecule has 2 aromatic rings. The molecule has 1 N–H and O–H groups in total. The molecule has 3 rings (SSSR count). The van der Waals surface area contributed by atoms with Gasteiger partial charge in [-0.05, 0) is 54.2 Å². The van der Waals surface area contributed by atoms with E-state index < -0.39 is 17.6 Å². The third-order valence-electron chi connectivity index (χ3n) is 5.07. The molecule has 2 heterocycles. The minimum absolute atomic E-state index is 0.0472. The van der Waals surface area contributed by atoms with E-state index in [2.05, 4.69) is 15.5 Å². The van der Waals surface area contributed by atoms with Crippen LogP contribution in [0.15, 0.2) is 35.9 Å². The van der Waals surface area contributed by atoms with Gasteiger partial charge in [-0.2, -0.15) is 13.2 Å². The van der Waals surface area contributed by atoms with Crippen LogP contribution in [0.5, 0.6) is 0 Å². The molecule has 0 unspecified atom stereocenters. The third-order valence-corrected chi connectivity index (χ3v) is 5.07. The number of carbonyl (C=O) groups excluding carboxylic acids is 1. The number of alkyl halides is 3. The van der Waals surface area contributed by atoms with Crippen molar-refractivity contribution in [1.82, 2.24) is 15.5 Å². The molecule has 172 valence electrons. The summed E-state index contributed by atoms with van der Waals surface area (Å²) < 4.78 is 53.2. The molecule has 1 saturated heterocycles. The lowest BCUT2D eigenvalue weighted by Crippen LogP contribution is -2.34. The van der Waals surface area contributed by atoms with Gasteiger partial charge in [-0.3, -0.25) is 4.79 Å². The molecule has 1 fully saturated rings. The fourth-order valence-electron chi connectivity index (χ4n) is 3.35. The minimum atomic E-state index is -4.54. The van der Waals surface area contributed by atoms with Crippen molar-refractivity contribution >= 4 is 17.8 Å². The van der Waals surface area contributed by atoms with Crippen LogP contribution in [0.25, 0.3) is 6.08 Å². The van der Waals surface area contributed by atoms with Crippen molar-refractivity contribution < 1.29 is 22.4 Å². The van der Waals surface area contributed by atoms with Crippen molar-refractivity contribution in [1.29, 1.82) is 0 Å². The normalized spacial score (nSPS) is 15.0. The van der Waals surface area contributed by atoms with E-state index in [-0.39, 0.29) is 22.6 Å². The van der Waals surface area contributed by atoms with E-state index in [1.54, 1.807) is 12.1 Å². The Morgan fingerprint density at radius 2 is 1.78 bits per heavy atom. The molecule has 9 heteroatoms. The van der Waals surface area contributed by atoms with Gasteiger partial charge in [-0.1, -0.05) is 32.4 Å². The number of amides is 1. The standard InChI is InChI=1S/C23H26F4N4O/c1-22(2,3)14-28-21(32)19-6-7-20(30-29-19)31-10-8-15(9-11-31)12-16-13-17(24)4-5-18(16)23(25,26)27/h4-7,12-13H,8-11,14H2,1-3H3,(H,28,32). The van der Waals surface area contributed by atoms with Gasteiger partial charge < -0.3 is 10.2 Å². The van der Waals surface area contributed by atoms with Crippen LogP contribution in [0, 0.1) is 11.2 Å². The predicted octanol–water partition coefficient (Wildman–Crippen LogP) is 5.09. The quantitative estimate of drug-likeness (QED) is 0.659. The highest BCUT2D eigenvalue weighted by atomic mass is 19.4. The van der Waals surface area contributed by atoms with Crippen molar-refractivity contribution in [2.75, 3.05) is 24.5 Å². The molecule has 5 nitrogen and oxygen atoms in total. The maximum absolute atomic E-state index is 13.5. The number of anilines is 1. The highest BCUT2D eigenvalue weighted by Crippen LogP contribution is 2.34. The molecule has 0 atom stereocenters. The summed E-state index contributed by atoms with van der Waals surface area (Å²) in [5.74, 6) is -0.402. The lowest BCUT2D eigenvalue weighted by molar-refractivity contribution is -0.137. The van der Waals surface area contributed by atoms with Crippen molar-refractivity contribution in [3.8, 4) is 0 Å². The van der Waals surface area contributed by atoms with Gasteiger partial charge in [0.15, 0.2) is 11.5 Å². The van der Waals surface area contributed by atoms with E-state index in [9.17, 15) is 22.4 Å². The van der Waals surface area contributed by atoms with Crippen LogP contribution in [0.3, 0.4) is 0 Å². The number of rotatable bonds is 4. The van der Waals surface area contributed by atoms with E-state index in [1.165, 1.54) is 6.08 Å². The van der Waals surface area contributed by atoms with Crippen LogP contribution >= 0.6 is 0 Å². The zero-order chi connectivity index (χ0) is 23.5. The first kappa shape index (κ1) is 23.7. The third kappa shape index (κ3) is 6.27. The predicted molar refractivity (Wildman–Crippen MR) is 115 cm³/mol. The molecule has 1 aliphatic heterocycles. The SMILES string of the molecule is CC(C)(C)CNC(=O)c1ccc(N2CCC(=Cc3cc(F)ccc3C(F)(F)F)CC2)nn1. The molecule has 1 aromatic carbocycles. The lowest BCUT2D eigenvalue weighted by atomic mass is 9.97. The van der Waals surface area contributed by atoms with Crippen molar-refractivity contribution in [3.63, 3.8) is 0 Å². The van der Waals surface area contributed by atoms with Crippen LogP contribution in [0.1, 0.15) is 55.2 Å². The fourth-order valence-corrected chi connectivity index (χ4v) is 3.35. The van der Waals surface area contributed by atoms with Crippen molar-refractivity contribution in [2.45, 2.75) is 39.8 Å². The minimum Gasteiger partial charge on any atom is -0.354 e. The zero-order valence-electron chi connectivity index (χ0n) is 18.3. The van der Waals surface area contributed by atoms with Gasteiger partial charge in [0, 0.05) is 19.6 Å². The van der Waals surface area contributed by atoms with Crippen LogP contribution in [-0.4, -0.2) is 35.7 Å². The van der Waals surface area contributed by atoms with Crippen molar-refractivity contribution in [3.05, 3.63) is 58.5 Å². The number of hydrogen-bond acceptors (Lipinski definition) is 4. The summed E-state index contributed by atoms with van der Waals surface area (Å²) in [7, 11) is 0. The van der Waals surface area contributed by atoms with Crippen LogP contribution < -0.4 is 10.2 Å². The summed E-state index contributed by atoms with van der Waals surface area (Å²) in [4.78, 5) is 14.1. The van der Waals surface area contributed by atoms with Gasteiger partial charge in [-0.25, -0.2) is 4.39 Å². The van der Waals surface area contributed by atoms with Gasteiger partial charge in [0.05, 0.1) is 5.56 Å². The molecule has 1 aliphatic rings. The van der Waals surface area contributed by atoms with Crippen molar-refractivity contribution in [2.24, 2.45) is 5.41 Å². The van der Waals surface area contributed by atoms with Gasteiger partial charge in [0.25, 0.3) is 5.91 Å². The summed E-state index contributed by atoms with van der Waals surface area (Å²) in [6.45, 7) is 7.62. The number of hydrogen-bond donors (Lipinski definition) is 1. The monoisotopic (exact) mass is 450 g/mol. The van der Waals surface area contributed by atoms with Gasteiger partial charge in [0.1, 0.15) is 5.82 Å². The highest BCUT2D eigenvalue weighted by Gasteiger charge is 2.33. The molecule has 0 saturated carbocycles. The molecule has 32 heavy (non-hydrogen) atoms. The molecule has 0 spiro atoms. The van der Waals surface area contributed by atoms with Crippen LogP contribution in [0.2, 0.25) is 0 Å². The largest absolute Gasteiger partial charge is 0.416 e. The maximum atomic E-state index is 13.5. The summed E-state index contributed by atoms with van der Waals surface area (Å²) in [5, 5.41) is 11.0. The van der Waals surface area contributed by atoms with Crippen LogP contribution in [0.4, 0.5) is 23.4 Å². The van der Waals surface area contributed by atoms with E-state index in [0.29, 0.717) is 38.3 Å². The number of benzene rings is 1. The first-order valence-electron chi connectivity index (χ1n) is 10.4. The Labute approximate surface area is 184 Å². The topological polar surface area (TPSA) is 58.1 Å². The van der Waals surface area contributed by atoms with E-state index in [4.69, 9.17) is 0 Å². The second-order valence-corrected chi connectivity index (χ2v) is 9.04. The maximum Gasteiger partial charge on any atom is 0.416 e. The van der Waals surface area contributed by atoms with Gasteiger partial charge in [0.2, 0.25) is 0 Å². The average molecular weight is 450 g/mol. The number of nitrogens with one attached hydrogen (secondary N) is 1. The summed E-state index contributed by atoms with van der Waals surface area (Å²) in [6.07, 6.45) is -2.08. The Hall–Kier alpha value is -2.97. The first-order chi connectivity index (χ1) is 14.9. The highest BCUT2D eigenvalue weighted by molar-refractivity contribution is 5.92. The van der Waals surface area contributed by atoms with E-state index >= 15 is 0 Å².